The zero-order valence-electron chi connectivity index (χ0n) is 8.21. The van der Waals surface area contributed by atoms with E-state index in [-0.39, 0.29) is 11.6 Å². The van der Waals surface area contributed by atoms with Crippen LogP contribution in [-0.2, 0) is 4.84 Å². The Bertz CT molecular complexity index is 162. The van der Waals surface area contributed by atoms with Crippen molar-refractivity contribution in [1.82, 2.24) is 4.90 Å². The van der Waals surface area contributed by atoms with E-state index in [1.165, 1.54) is 0 Å². The summed E-state index contributed by atoms with van der Waals surface area (Å²) in [6, 6.07) is 0. The summed E-state index contributed by atoms with van der Waals surface area (Å²) in [6.45, 7) is 12.1. The molecule has 1 saturated heterocycles. The summed E-state index contributed by atoms with van der Waals surface area (Å²) in [5, 5.41) is 3.46. The first-order valence-corrected chi connectivity index (χ1v) is 4.41. The molecule has 0 radical (unpaired) electrons. The molecule has 0 amide bonds. The van der Waals surface area contributed by atoms with Gasteiger partial charge in [0, 0.05) is 31.8 Å². The maximum atomic E-state index is 5.10. The van der Waals surface area contributed by atoms with Crippen LogP contribution in [0, 0.1) is 0 Å². The first kappa shape index (κ1) is 9.52. The van der Waals surface area contributed by atoms with E-state index in [9.17, 15) is 0 Å². The van der Waals surface area contributed by atoms with E-state index >= 15 is 0 Å². The maximum Gasteiger partial charge on any atom is 0.141 e. The number of hydrogen-bond donors (Lipinski definition) is 0. The summed E-state index contributed by atoms with van der Waals surface area (Å²) in [5.41, 5.74) is 0.249. The standard InChI is InChI=1S/C9H18N2O/c1-9(2,3)11-6-5-8(7-11)12-10-4/h8H,4-7H2,1-3H3/t8-/m1/s1. The van der Waals surface area contributed by atoms with Crippen molar-refractivity contribution >= 4 is 6.72 Å². The minimum atomic E-state index is 0.249. The lowest BCUT2D eigenvalue weighted by Crippen LogP contribution is -2.40. The first-order chi connectivity index (χ1) is 5.54. The first-order valence-electron chi connectivity index (χ1n) is 4.41. The van der Waals surface area contributed by atoms with Crippen LogP contribution in [0.15, 0.2) is 5.16 Å². The molecule has 3 nitrogen and oxygen atoms in total. The summed E-state index contributed by atoms with van der Waals surface area (Å²) < 4.78 is 0. The Balaban J connectivity index is 2.40. The van der Waals surface area contributed by atoms with Gasteiger partial charge in [0.2, 0.25) is 0 Å². The van der Waals surface area contributed by atoms with Gasteiger partial charge in [0.25, 0.3) is 0 Å². The maximum absolute atomic E-state index is 5.10. The van der Waals surface area contributed by atoms with Crippen LogP contribution in [-0.4, -0.2) is 36.3 Å². The fraction of sp³-hybridized carbons (Fsp3) is 0.889. The van der Waals surface area contributed by atoms with Gasteiger partial charge in [0.05, 0.1) is 0 Å². The normalized spacial score (nSPS) is 25.8. The third-order valence-electron chi connectivity index (χ3n) is 2.32. The van der Waals surface area contributed by atoms with Crippen LogP contribution in [0.2, 0.25) is 0 Å². The van der Waals surface area contributed by atoms with Gasteiger partial charge in [0.15, 0.2) is 0 Å². The monoisotopic (exact) mass is 170 g/mol. The second-order valence-electron chi connectivity index (χ2n) is 4.26. The van der Waals surface area contributed by atoms with Gasteiger partial charge in [-0.25, -0.2) is 0 Å². The van der Waals surface area contributed by atoms with Crippen molar-refractivity contribution in [1.29, 1.82) is 0 Å². The minimum absolute atomic E-state index is 0.249. The number of likely N-dealkylation sites (tertiary alicyclic amines) is 1. The molecule has 1 heterocycles. The number of hydrogen-bond acceptors (Lipinski definition) is 3. The van der Waals surface area contributed by atoms with E-state index in [1.54, 1.807) is 0 Å². The van der Waals surface area contributed by atoms with Crippen molar-refractivity contribution in [2.75, 3.05) is 13.1 Å². The Kier molecular flexibility index (Phi) is 2.73. The summed E-state index contributed by atoms with van der Waals surface area (Å²) in [4.78, 5) is 7.51. The Hall–Kier alpha value is -0.570. The molecule has 0 N–H and O–H groups in total. The summed E-state index contributed by atoms with van der Waals surface area (Å²) >= 11 is 0. The molecule has 0 aromatic heterocycles. The van der Waals surface area contributed by atoms with Crippen LogP contribution in [0.1, 0.15) is 27.2 Å². The highest BCUT2D eigenvalue weighted by Crippen LogP contribution is 2.21. The molecule has 0 saturated carbocycles. The van der Waals surface area contributed by atoms with Crippen molar-refractivity contribution in [2.24, 2.45) is 5.16 Å². The Morgan fingerprint density at radius 2 is 2.17 bits per heavy atom. The molecule has 0 aliphatic carbocycles. The predicted molar refractivity (Wildman–Crippen MR) is 50.4 cm³/mol. The minimum Gasteiger partial charge on any atom is -0.392 e. The summed E-state index contributed by atoms with van der Waals surface area (Å²) in [5.74, 6) is 0. The third kappa shape index (κ3) is 2.21. The molecule has 1 aliphatic rings. The lowest BCUT2D eigenvalue weighted by atomic mass is 10.1. The van der Waals surface area contributed by atoms with E-state index in [0.29, 0.717) is 0 Å². The molecule has 1 rings (SSSR count). The highest BCUT2D eigenvalue weighted by atomic mass is 16.6. The fourth-order valence-corrected chi connectivity index (χ4v) is 1.53. The van der Waals surface area contributed by atoms with Crippen molar-refractivity contribution in [3.05, 3.63) is 0 Å². The lowest BCUT2D eigenvalue weighted by Gasteiger charge is -2.31. The average Bonchev–Trinajstić information content (AvgIpc) is 2.35. The molecular weight excluding hydrogens is 152 g/mol. The molecule has 0 aromatic carbocycles. The molecule has 70 valence electrons. The zero-order valence-corrected chi connectivity index (χ0v) is 8.21. The van der Waals surface area contributed by atoms with Crippen LogP contribution in [0.5, 0.6) is 0 Å². The van der Waals surface area contributed by atoms with E-state index in [4.69, 9.17) is 4.84 Å². The van der Waals surface area contributed by atoms with Crippen molar-refractivity contribution < 1.29 is 4.84 Å². The largest absolute Gasteiger partial charge is 0.392 e. The molecule has 1 aliphatic heterocycles. The Morgan fingerprint density at radius 1 is 1.50 bits per heavy atom. The van der Waals surface area contributed by atoms with E-state index in [1.807, 2.05) is 0 Å². The van der Waals surface area contributed by atoms with Gasteiger partial charge in [-0.05, 0) is 20.8 Å². The third-order valence-corrected chi connectivity index (χ3v) is 2.32. The quantitative estimate of drug-likeness (QED) is 0.463. The van der Waals surface area contributed by atoms with Crippen molar-refractivity contribution in [3.8, 4) is 0 Å². The molecule has 3 heteroatoms. The topological polar surface area (TPSA) is 24.8 Å². The summed E-state index contributed by atoms with van der Waals surface area (Å²) in [7, 11) is 0. The Labute approximate surface area is 74.4 Å². The average molecular weight is 170 g/mol. The van der Waals surface area contributed by atoms with Gasteiger partial charge in [-0.3, -0.25) is 4.90 Å². The molecule has 1 fully saturated rings. The molecule has 0 bridgehead atoms. The van der Waals surface area contributed by atoms with Crippen LogP contribution in [0.4, 0.5) is 0 Å². The second kappa shape index (κ2) is 3.44. The van der Waals surface area contributed by atoms with Gasteiger partial charge < -0.3 is 4.84 Å². The molecule has 0 aromatic rings. The van der Waals surface area contributed by atoms with Crippen LogP contribution in [0.3, 0.4) is 0 Å². The molecule has 0 unspecified atom stereocenters. The van der Waals surface area contributed by atoms with E-state index in [0.717, 1.165) is 19.5 Å². The molecule has 1 atom stereocenters. The molecule has 12 heavy (non-hydrogen) atoms. The fourth-order valence-electron chi connectivity index (χ4n) is 1.53. The molecule has 0 spiro atoms. The van der Waals surface area contributed by atoms with Crippen LogP contribution in [0.25, 0.3) is 0 Å². The number of oxime groups is 1. The highest BCUT2D eigenvalue weighted by Gasteiger charge is 2.31. The van der Waals surface area contributed by atoms with Crippen LogP contribution < -0.4 is 0 Å². The lowest BCUT2D eigenvalue weighted by molar-refractivity contribution is 0.0558. The van der Waals surface area contributed by atoms with E-state index < -0.39 is 0 Å². The summed E-state index contributed by atoms with van der Waals surface area (Å²) in [6.07, 6.45) is 1.32. The highest BCUT2D eigenvalue weighted by molar-refractivity contribution is 5.21. The Morgan fingerprint density at radius 3 is 2.58 bits per heavy atom. The number of nitrogens with zero attached hydrogens (tertiary/aromatic N) is 2. The zero-order chi connectivity index (χ0) is 9.19. The van der Waals surface area contributed by atoms with Gasteiger partial charge >= 0.3 is 0 Å². The number of rotatable bonds is 2. The predicted octanol–water partition coefficient (Wildman–Crippen LogP) is 1.49. The van der Waals surface area contributed by atoms with Gasteiger partial charge in [-0.1, -0.05) is 0 Å². The van der Waals surface area contributed by atoms with Crippen LogP contribution >= 0.6 is 0 Å². The van der Waals surface area contributed by atoms with Crippen molar-refractivity contribution in [2.45, 2.75) is 38.8 Å². The smallest absolute Gasteiger partial charge is 0.141 e. The molecular formula is C9H18N2O. The van der Waals surface area contributed by atoms with Crippen molar-refractivity contribution in [3.63, 3.8) is 0 Å². The van der Waals surface area contributed by atoms with E-state index in [2.05, 4.69) is 37.5 Å². The van der Waals surface area contributed by atoms with Gasteiger partial charge in [0.1, 0.15) is 6.10 Å². The van der Waals surface area contributed by atoms with Gasteiger partial charge in [-0.2, -0.15) is 0 Å². The second-order valence-corrected chi connectivity index (χ2v) is 4.26. The SMILES string of the molecule is C=NO[C@@H]1CCN(C(C)(C)C)C1. The van der Waals surface area contributed by atoms with Gasteiger partial charge in [-0.15, -0.1) is 5.16 Å².